The van der Waals surface area contributed by atoms with Crippen LogP contribution in [0.4, 0.5) is 0 Å². The molecule has 0 fully saturated rings. The highest BCUT2D eigenvalue weighted by Crippen LogP contribution is 2.22. The Labute approximate surface area is 134 Å². The zero-order valence-electron chi connectivity index (χ0n) is 11.9. The van der Waals surface area contributed by atoms with E-state index in [1.807, 2.05) is 30.3 Å². The van der Waals surface area contributed by atoms with Crippen LogP contribution in [0.5, 0.6) is 0 Å². The first-order valence-corrected chi connectivity index (χ1v) is 7.40. The molecular weight excluding hydrogens is 302 g/mol. The quantitative estimate of drug-likeness (QED) is 0.766. The second-order valence-corrected chi connectivity index (χ2v) is 5.34. The van der Waals surface area contributed by atoms with Crippen molar-refractivity contribution < 1.29 is 15.0 Å². The van der Waals surface area contributed by atoms with Crippen LogP contribution in [0.2, 0.25) is 5.02 Å². The van der Waals surface area contributed by atoms with E-state index in [1.165, 1.54) is 0 Å². The molecule has 0 heterocycles. The van der Waals surface area contributed by atoms with Crippen LogP contribution in [0.15, 0.2) is 54.6 Å². The Balaban J connectivity index is 1.84. The van der Waals surface area contributed by atoms with Crippen molar-refractivity contribution in [3.05, 3.63) is 70.7 Å². The zero-order chi connectivity index (χ0) is 15.9. The molecule has 1 unspecified atom stereocenters. The van der Waals surface area contributed by atoms with E-state index in [9.17, 15) is 15.0 Å². The molecule has 2 atom stereocenters. The van der Waals surface area contributed by atoms with Gasteiger partial charge in [0.05, 0.1) is 6.10 Å². The highest BCUT2D eigenvalue weighted by Gasteiger charge is 2.19. The molecule has 5 heteroatoms. The number of nitrogens with one attached hydrogen (secondary N) is 1. The van der Waals surface area contributed by atoms with E-state index in [4.69, 9.17) is 11.6 Å². The van der Waals surface area contributed by atoms with E-state index in [2.05, 4.69) is 5.32 Å². The maximum Gasteiger partial charge on any atom is 0.253 e. The van der Waals surface area contributed by atoms with Crippen LogP contribution < -0.4 is 5.32 Å². The monoisotopic (exact) mass is 319 g/mol. The summed E-state index contributed by atoms with van der Waals surface area (Å²) in [5, 5.41) is 22.9. The zero-order valence-corrected chi connectivity index (χ0v) is 12.7. The second-order valence-electron chi connectivity index (χ2n) is 4.93. The van der Waals surface area contributed by atoms with E-state index in [0.717, 1.165) is 5.56 Å². The van der Waals surface area contributed by atoms with Gasteiger partial charge in [-0.05, 0) is 18.1 Å². The lowest BCUT2D eigenvalue weighted by Gasteiger charge is -2.15. The number of hydrogen-bond acceptors (Lipinski definition) is 3. The van der Waals surface area contributed by atoms with E-state index in [1.54, 1.807) is 24.3 Å². The molecule has 0 aliphatic carbocycles. The van der Waals surface area contributed by atoms with Crippen molar-refractivity contribution in [2.75, 3.05) is 6.54 Å². The van der Waals surface area contributed by atoms with Gasteiger partial charge in [0.15, 0.2) is 6.10 Å². The molecule has 2 rings (SSSR count). The minimum atomic E-state index is -1.32. The number of aliphatic hydroxyl groups excluding tert-OH is 2. The number of hydrogen-bond donors (Lipinski definition) is 3. The second kappa shape index (κ2) is 7.94. The van der Waals surface area contributed by atoms with E-state index < -0.39 is 18.1 Å². The van der Waals surface area contributed by atoms with Crippen molar-refractivity contribution in [3.8, 4) is 0 Å². The molecular formula is C17H18ClNO3. The smallest absolute Gasteiger partial charge is 0.253 e. The summed E-state index contributed by atoms with van der Waals surface area (Å²) in [6.45, 7) is 0.260. The van der Waals surface area contributed by atoms with Crippen LogP contribution in [0.1, 0.15) is 29.8 Å². The van der Waals surface area contributed by atoms with Gasteiger partial charge < -0.3 is 15.5 Å². The number of rotatable bonds is 6. The first-order chi connectivity index (χ1) is 10.6. The molecule has 1 amide bonds. The Morgan fingerprint density at radius 1 is 1.05 bits per heavy atom. The Bertz CT molecular complexity index is 618. The molecule has 2 aromatic rings. The van der Waals surface area contributed by atoms with E-state index >= 15 is 0 Å². The Morgan fingerprint density at radius 2 is 1.68 bits per heavy atom. The predicted molar refractivity (Wildman–Crippen MR) is 85.4 cm³/mol. The Morgan fingerprint density at radius 3 is 2.36 bits per heavy atom. The van der Waals surface area contributed by atoms with Gasteiger partial charge in [0.1, 0.15) is 0 Å². The summed E-state index contributed by atoms with van der Waals surface area (Å²) in [7, 11) is 0. The standard InChI is InChI=1S/C17H18ClNO3/c18-14-9-5-4-8-13(14)16(21)17(22)19-11-10-15(20)12-6-2-1-3-7-12/h1-9,15-16,20-21H,10-11H2,(H,19,22)/t15?,16-/m1/s1. The Hall–Kier alpha value is -1.88. The van der Waals surface area contributed by atoms with Crippen molar-refractivity contribution in [3.63, 3.8) is 0 Å². The molecule has 0 radical (unpaired) electrons. The molecule has 116 valence electrons. The Kier molecular flexibility index (Phi) is 5.95. The SMILES string of the molecule is O=C(NCCC(O)c1ccccc1)[C@H](O)c1ccccc1Cl. The summed E-state index contributed by atoms with van der Waals surface area (Å²) in [6.07, 6.45) is -1.60. The predicted octanol–water partition coefficient (Wildman–Crippen LogP) is 2.61. The average molecular weight is 320 g/mol. The maximum absolute atomic E-state index is 11.9. The minimum absolute atomic E-state index is 0.260. The van der Waals surface area contributed by atoms with Crippen LogP contribution in [-0.4, -0.2) is 22.7 Å². The van der Waals surface area contributed by atoms with Crippen molar-refractivity contribution >= 4 is 17.5 Å². The maximum atomic E-state index is 11.9. The highest BCUT2D eigenvalue weighted by molar-refractivity contribution is 6.31. The molecule has 2 aromatic carbocycles. The summed E-state index contributed by atoms with van der Waals surface area (Å²) in [6, 6.07) is 15.9. The molecule has 0 aliphatic heterocycles. The van der Waals surface area contributed by atoms with Crippen LogP contribution in [0, 0.1) is 0 Å². The first kappa shape index (κ1) is 16.5. The summed E-state index contributed by atoms with van der Waals surface area (Å²) < 4.78 is 0. The van der Waals surface area contributed by atoms with Gasteiger partial charge in [0.2, 0.25) is 0 Å². The number of amides is 1. The topological polar surface area (TPSA) is 69.6 Å². The molecule has 0 aromatic heterocycles. The number of carbonyl (C=O) groups is 1. The van der Waals surface area contributed by atoms with Crippen molar-refractivity contribution in [1.82, 2.24) is 5.32 Å². The van der Waals surface area contributed by atoms with Gasteiger partial charge in [-0.2, -0.15) is 0 Å². The summed E-state index contributed by atoms with van der Waals surface area (Å²) >= 11 is 5.95. The minimum Gasteiger partial charge on any atom is -0.388 e. The molecule has 3 N–H and O–H groups in total. The molecule has 4 nitrogen and oxygen atoms in total. The fourth-order valence-corrected chi connectivity index (χ4v) is 2.35. The third-order valence-electron chi connectivity index (χ3n) is 3.35. The lowest BCUT2D eigenvalue weighted by molar-refractivity contribution is -0.129. The van der Waals surface area contributed by atoms with Crippen LogP contribution in [0.3, 0.4) is 0 Å². The van der Waals surface area contributed by atoms with Crippen LogP contribution in [0.25, 0.3) is 0 Å². The number of halogens is 1. The van der Waals surface area contributed by atoms with E-state index in [-0.39, 0.29) is 6.54 Å². The number of carbonyl (C=O) groups excluding carboxylic acids is 1. The third-order valence-corrected chi connectivity index (χ3v) is 3.69. The van der Waals surface area contributed by atoms with Gasteiger partial charge in [0, 0.05) is 17.1 Å². The molecule has 0 aliphatic rings. The van der Waals surface area contributed by atoms with Gasteiger partial charge in [-0.15, -0.1) is 0 Å². The normalized spacial score (nSPS) is 13.4. The van der Waals surface area contributed by atoms with E-state index in [0.29, 0.717) is 17.0 Å². The lowest BCUT2D eigenvalue weighted by Crippen LogP contribution is -2.31. The average Bonchev–Trinajstić information content (AvgIpc) is 2.55. The van der Waals surface area contributed by atoms with Gasteiger partial charge >= 0.3 is 0 Å². The van der Waals surface area contributed by atoms with Gasteiger partial charge in [-0.1, -0.05) is 60.1 Å². The lowest BCUT2D eigenvalue weighted by atomic mass is 10.1. The van der Waals surface area contributed by atoms with Crippen molar-refractivity contribution in [1.29, 1.82) is 0 Å². The molecule has 0 saturated heterocycles. The molecule has 0 saturated carbocycles. The highest BCUT2D eigenvalue weighted by atomic mass is 35.5. The summed E-state index contributed by atoms with van der Waals surface area (Å²) in [5.74, 6) is -0.534. The molecule has 0 bridgehead atoms. The fourth-order valence-electron chi connectivity index (χ4n) is 2.11. The third kappa shape index (κ3) is 4.31. The first-order valence-electron chi connectivity index (χ1n) is 7.03. The van der Waals surface area contributed by atoms with Crippen LogP contribution in [-0.2, 0) is 4.79 Å². The van der Waals surface area contributed by atoms with Crippen LogP contribution >= 0.6 is 11.6 Å². The van der Waals surface area contributed by atoms with Gasteiger partial charge in [-0.25, -0.2) is 0 Å². The number of aliphatic hydroxyl groups is 2. The molecule has 0 spiro atoms. The van der Waals surface area contributed by atoms with Gasteiger partial charge in [0.25, 0.3) is 5.91 Å². The largest absolute Gasteiger partial charge is 0.388 e. The van der Waals surface area contributed by atoms with Crippen molar-refractivity contribution in [2.45, 2.75) is 18.6 Å². The van der Waals surface area contributed by atoms with Crippen molar-refractivity contribution in [2.24, 2.45) is 0 Å². The van der Waals surface area contributed by atoms with Gasteiger partial charge in [-0.3, -0.25) is 4.79 Å². The summed E-state index contributed by atoms with van der Waals surface area (Å²) in [5.41, 5.74) is 1.16. The fraction of sp³-hybridized carbons (Fsp3) is 0.235. The molecule has 22 heavy (non-hydrogen) atoms. The number of benzene rings is 2. The summed E-state index contributed by atoms with van der Waals surface area (Å²) in [4.78, 5) is 11.9.